The molecule has 6 nitrogen and oxygen atoms in total. The summed E-state index contributed by atoms with van der Waals surface area (Å²) in [5.41, 5.74) is 0. The number of amides is 1. The molecule has 6 heteroatoms. The van der Waals surface area contributed by atoms with Crippen LogP contribution in [0.4, 0.5) is 0 Å². The number of aliphatic hydroxyl groups excluding tert-OH is 4. The molecular formula is C49H97NO5. The predicted molar refractivity (Wildman–Crippen MR) is 238 cm³/mol. The topological polar surface area (TPSA) is 110 Å². The first-order chi connectivity index (χ1) is 27.0. The van der Waals surface area contributed by atoms with Crippen molar-refractivity contribution in [1.82, 2.24) is 5.32 Å². The molecular weight excluding hydrogens is 683 g/mol. The summed E-state index contributed by atoms with van der Waals surface area (Å²) in [5.74, 6) is -0.582. The second-order valence-corrected chi connectivity index (χ2v) is 17.2. The zero-order chi connectivity index (χ0) is 40.3. The van der Waals surface area contributed by atoms with Crippen LogP contribution in [-0.2, 0) is 4.79 Å². The fourth-order valence-electron chi connectivity index (χ4n) is 7.81. The Morgan fingerprint density at radius 1 is 0.436 bits per heavy atom. The van der Waals surface area contributed by atoms with Gasteiger partial charge in [-0.15, -0.1) is 0 Å². The molecule has 0 aromatic carbocycles. The molecule has 0 aliphatic heterocycles. The Kier molecular flexibility index (Phi) is 43.4. The number of rotatable bonds is 45. The molecule has 0 aliphatic carbocycles. The molecule has 328 valence electrons. The lowest BCUT2D eigenvalue weighted by molar-refractivity contribution is -0.132. The van der Waals surface area contributed by atoms with Crippen LogP contribution in [0.5, 0.6) is 0 Å². The van der Waals surface area contributed by atoms with Gasteiger partial charge in [-0.05, 0) is 38.5 Å². The summed E-state index contributed by atoms with van der Waals surface area (Å²) < 4.78 is 0. The van der Waals surface area contributed by atoms with Crippen LogP contribution in [0.3, 0.4) is 0 Å². The molecule has 1 amide bonds. The summed E-state index contributed by atoms with van der Waals surface area (Å²) >= 11 is 0. The van der Waals surface area contributed by atoms with E-state index in [0.717, 1.165) is 38.5 Å². The maximum absolute atomic E-state index is 12.5. The molecule has 0 aliphatic rings. The maximum atomic E-state index is 12.5. The van der Waals surface area contributed by atoms with E-state index in [4.69, 9.17) is 0 Å². The van der Waals surface area contributed by atoms with Gasteiger partial charge in [-0.25, -0.2) is 0 Å². The van der Waals surface area contributed by atoms with Crippen molar-refractivity contribution in [3.8, 4) is 0 Å². The third-order valence-electron chi connectivity index (χ3n) is 11.7. The lowest BCUT2D eigenvalue weighted by Gasteiger charge is -2.27. The molecule has 0 radical (unpaired) electrons. The van der Waals surface area contributed by atoms with E-state index in [1.165, 1.54) is 199 Å². The van der Waals surface area contributed by atoms with E-state index in [0.29, 0.717) is 12.8 Å². The van der Waals surface area contributed by atoms with Crippen molar-refractivity contribution in [3.05, 3.63) is 12.2 Å². The van der Waals surface area contributed by atoms with Gasteiger partial charge >= 0.3 is 0 Å². The largest absolute Gasteiger partial charge is 0.394 e. The number of allylic oxidation sites excluding steroid dienone is 2. The van der Waals surface area contributed by atoms with E-state index in [1.807, 2.05) is 0 Å². The summed E-state index contributed by atoms with van der Waals surface area (Å²) in [6.07, 6.45) is 49.9. The van der Waals surface area contributed by atoms with Crippen molar-refractivity contribution in [2.24, 2.45) is 0 Å². The maximum Gasteiger partial charge on any atom is 0.249 e. The van der Waals surface area contributed by atoms with Crippen LogP contribution in [0.15, 0.2) is 12.2 Å². The van der Waals surface area contributed by atoms with Gasteiger partial charge in [-0.2, -0.15) is 0 Å². The van der Waals surface area contributed by atoms with E-state index in [9.17, 15) is 25.2 Å². The first kappa shape index (κ1) is 54.0. The number of nitrogens with one attached hydrogen (secondary N) is 1. The van der Waals surface area contributed by atoms with Gasteiger partial charge in [-0.3, -0.25) is 4.79 Å². The Hall–Kier alpha value is -0.950. The summed E-state index contributed by atoms with van der Waals surface area (Å²) in [5, 5.41) is 43.6. The third-order valence-corrected chi connectivity index (χ3v) is 11.7. The van der Waals surface area contributed by atoms with Crippen LogP contribution >= 0.6 is 0 Å². The number of unbranched alkanes of at least 4 members (excludes halogenated alkanes) is 34. The second-order valence-electron chi connectivity index (χ2n) is 17.2. The van der Waals surface area contributed by atoms with Crippen molar-refractivity contribution in [3.63, 3.8) is 0 Å². The summed E-state index contributed by atoms with van der Waals surface area (Å²) in [6.45, 7) is 4.04. The number of carbonyl (C=O) groups excluding carboxylic acids is 1. The van der Waals surface area contributed by atoms with Crippen LogP contribution < -0.4 is 5.32 Å². The second kappa shape index (κ2) is 44.2. The lowest BCUT2D eigenvalue weighted by Crippen LogP contribution is -2.53. The fourth-order valence-corrected chi connectivity index (χ4v) is 7.81. The van der Waals surface area contributed by atoms with Gasteiger partial charge in [0.1, 0.15) is 12.2 Å². The Bertz CT molecular complexity index is 791. The molecule has 0 fully saturated rings. The highest BCUT2D eigenvalue weighted by Gasteiger charge is 2.28. The molecule has 0 heterocycles. The molecule has 0 saturated carbocycles. The molecule has 5 N–H and O–H groups in total. The van der Waals surface area contributed by atoms with Crippen molar-refractivity contribution < 1.29 is 25.2 Å². The summed E-state index contributed by atoms with van der Waals surface area (Å²) in [7, 11) is 0. The highest BCUT2D eigenvalue weighted by Crippen LogP contribution is 2.17. The quantitative estimate of drug-likeness (QED) is 0.0312. The molecule has 0 spiro atoms. The molecule has 55 heavy (non-hydrogen) atoms. The normalized spacial score (nSPS) is 14.1. The standard InChI is InChI=1S/C49H97NO5/c1-3-5-7-9-11-13-15-16-17-18-19-20-21-22-23-24-25-26-27-28-29-30-31-32-33-35-37-39-41-43-47(53)49(55)50-45(44-51)48(54)46(52)42-40-38-36-34-14-12-10-8-6-4-2/h22-23,45-48,51-54H,3-21,24-44H2,1-2H3,(H,50,55)/b23-22-. The Labute approximate surface area is 342 Å². The first-order valence-corrected chi connectivity index (χ1v) is 24.6. The van der Waals surface area contributed by atoms with Gasteiger partial charge in [0.2, 0.25) is 5.91 Å². The Morgan fingerprint density at radius 3 is 1.05 bits per heavy atom. The smallest absolute Gasteiger partial charge is 0.249 e. The average Bonchev–Trinajstić information content (AvgIpc) is 3.19. The summed E-state index contributed by atoms with van der Waals surface area (Å²) in [4.78, 5) is 12.5. The van der Waals surface area contributed by atoms with Crippen molar-refractivity contribution in [1.29, 1.82) is 0 Å². The van der Waals surface area contributed by atoms with E-state index in [2.05, 4.69) is 31.3 Å². The SMILES string of the molecule is CCCCCCCCCCCCCC/C=C\CCCCCCCCCCCCCCCC(O)C(=O)NC(CO)C(O)C(O)CCCCCCCCCCCC. The van der Waals surface area contributed by atoms with E-state index >= 15 is 0 Å². The van der Waals surface area contributed by atoms with Crippen molar-refractivity contribution >= 4 is 5.91 Å². The van der Waals surface area contributed by atoms with Crippen molar-refractivity contribution in [2.45, 2.75) is 289 Å². The van der Waals surface area contributed by atoms with Gasteiger partial charge in [0.25, 0.3) is 0 Å². The van der Waals surface area contributed by atoms with Crippen molar-refractivity contribution in [2.75, 3.05) is 6.61 Å². The number of aliphatic hydroxyl groups is 4. The zero-order valence-electron chi connectivity index (χ0n) is 36.9. The monoisotopic (exact) mass is 780 g/mol. The van der Waals surface area contributed by atoms with Crippen LogP contribution in [0.2, 0.25) is 0 Å². The van der Waals surface area contributed by atoms with Crippen LogP contribution in [0, 0.1) is 0 Å². The van der Waals surface area contributed by atoms with Crippen LogP contribution in [-0.4, -0.2) is 57.3 Å². The van der Waals surface area contributed by atoms with E-state index in [-0.39, 0.29) is 0 Å². The van der Waals surface area contributed by atoms with Gasteiger partial charge in [0, 0.05) is 0 Å². The van der Waals surface area contributed by atoms with E-state index in [1.54, 1.807) is 0 Å². The van der Waals surface area contributed by atoms with Gasteiger partial charge in [-0.1, -0.05) is 238 Å². The zero-order valence-corrected chi connectivity index (χ0v) is 36.9. The number of hydrogen-bond donors (Lipinski definition) is 5. The van der Waals surface area contributed by atoms with Crippen LogP contribution in [0.25, 0.3) is 0 Å². The predicted octanol–water partition coefficient (Wildman–Crippen LogP) is 13.4. The van der Waals surface area contributed by atoms with E-state index < -0.39 is 36.9 Å². The van der Waals surface area contributed by atoms with Gasteiger partial charge < -0.3 is 25.7 Å². The Morgan fingerprint density at radius 2 is 0.727 bits per heavy atom. The Balaban J connectivity index is 3.57. The number of hydrogen-bond acceptors (Lipinski definition) is 5. The molecule has 4 unspecified atom stereocenters. The first-order valence-electron chi connectivity index (χ1n) is 24.6. The molecule has 0 aromatic rings. The molecule has 0 aromatic heterocycles. The minimum atomic E-state index is -1.25. The average molecular weight is 780 g/mol. The molecule has 0 saturated heterocycles. The molecule has 0 rings (SSSR count). The molecule has 4 atom stereocenters. The highest BCUT2D eigenvalue weighted by molar-refractivity contribution is 5.80. The lowest BCUT2D eigenvalue weighted by atomic mass is 9.99. The van der Waals surface area contributed by atoms with Gasteiger partial charge in [0.15, 0.2) is 0 Å². The molecule has 0 bridgehead atoms. The number of carbonyl (C=O) groups is 1. The van der Waals surface area contributed by atoms with Crippen LogP contribution in [0.1, 0.15) is 264 Å². The fraction of sp³-hybridized carbons (Fsp3) is 0.939. The minimum absolute atomic E-state index is 0.372. The van der Waals surface area contributed by atoms with Gasteiger partial charge in [0.05, 0.1) is 18.8 Å². The highest BCUT2D eigenvalue weighted by atomic mass is 16.3. The minimum Gasteiger partial charge on any atom is -0.394 e. The summed E-state index contributed by atoms with van der Waals surface area (Å²) in [6, 6.07) is -0.980. The third kappa shape index (κ3) is 38.3.